The van der Waals surface area contributed by atoms with Crippen LogP contribution >= 0.6 is 0 Å². The van der Waals surface area contributed by atoms with E-state index in [-0.39, 0.29) is 0 Å². The summed E-state index contributed by atoms with van der Waals surface area (Å²) in [6, 6.07) is 7.79. The first kappa shape index (κ1) is 18.1. The topological polar surface area (TPSA) is 80.2 Å². The van der Waals surface area contributed by atoms with E-state index in [0.29, 0.717) is 5.95 Å². The van der Waals surface area contributed by atoms with Crippen LogP contribution in [0.25, 0.3) is 11.3 Å². The molecule has 1 aliphatic heterocycles. The number of piperazine rings is 1. The molecule has 8 nitrogen and oxygen atoms in total. The monoisotopic (exact) mass is 377 g/mol. The third-order valence-corrected chi connectivity index (χ3v) is 4.85. The molecule has 144 valence electrons. The van der Waals surface area contributed by atoms with Gasteiger partial charge in [-0.15, -0.1) is 5.10 Å². The summed E-state index contributed by atoms with van der Waals surface area (Å²) in [7, 11) is 1.66. The number of aryl methyl sites for hydroxylation is 2. The molecule has 8 heteroatoms. The molecule has 1 aromatic carbocycles. The summed E-state index contributed by atoms with van der Waals surface area (Å²) in [6.07, 6.45) is 3.49. The second-order valence-electron chi connectivity index (χ2n) is 6.76. The van der Waals surface area contributed by atoms with Crippen LogP contribution in [0.1, 0.15) is 11.4 Å². The van der Waals surface area contributed by atoms with Crippen molar-refractivity contribution in [3.8, 4) is 17.0 Å². The zero-order valence-corrected chi connectivity index (χ0v) is 16.3. The lowest BCUT2D eigenvalue weighted by molar-refractivity contribution is 0.415. The van der Waals surface area contributed by atoms with E-state index >= 15 is 0 Å². The standard InChI is InChI=1S/C20H23N7O/c1-14-12-21-15(2)19(23-14)26-8-10-27(11-9-26)20-24-18(13-22-25-20)16-4-6-17(28-3)7-5-16/h4-7,12-13H,8-11H2,1-3H3. The van der Waals surface area contributed by atoms with Crippen LogP contribution in [0.2, 0.25) is 0 Å². The van der Waals surface area contributed by atoms with Gasteiger partial charge >= 0.3 is 0 Å². The van der Waals surface area contributed by atoms with Gasteiger partial charge in [-0.3, -0.25) is 4.98 Å². The fraction of sp³-hybridized carbons (Fsp3) is 0.350. The summed E-state index contributed by atoms with van der Waals surface area (Å²) in [6.45, 7) is 7.27. The first-order chi connectivity index (χ1) is 13.6. The smallest absolute Gasteiger partial charge is 0.246 e. The van der Waals surface area contributed by atoms with E-state index in [1.807, 2.05) is 38.1 Å². The molecule has 0 atom stereocenters. The predicted molar refractivity (Wildman–Crippen MR) is 108 cm³/mol. The van der Waals surface area contributed by atoms with Crippen LogP contribution < -0.4 is 14.5 Å². The zero-order valence-electron chi connectivity index (χ0n) is 16.3. The van der Waals surface area contributed by atoms with Gasteiger partial charge in [0.2, 0.25) is 5.95 Å². The molecule has 0 spiro atoms. The molecule has 0 aliphatic carbocycles. The van der Waals surface area contributed by atoms with Crippen molar-refractivity contribution in [2.75, 3.05) is 43.1 Å². The highest BCUT2D eigenvalue weighted by Gasteiger charge is 2.22. The maximum absolute atomic E-state index is 5.22. The molecule has 0 saturated carbocycles. The van der Waals surface area contributed by atoms with Crippen LogP contribution in [0.5, 0.6) is 5.75 Å². The van der Waals surface area contributed by atoms with E-state index < -0.39 is 0 Å². The van der Waals surface area contributed by atoms with Gasteiger partial charge < -0.3 is 14.5 Å². The minimum atomic E-state index is 0.653. The third kappa shape index (κ3) is 3.71. The van der Waals surface area contributed by atoms with Crippen LogP contribution in [-0.2, 0) is 0 Å². The second kappa shape index (κ2) is 7.75. The molecule has 3 aromatic rings. The molecule has 0 amide bonds. The van der Waals surface area contributed by atoms with E-state index in [2.05, 4.69) is 30.0 Å². The van der Waals surface area contributed by atoms with Crippen LogP contribution in [0.3, 0.4) is 0 Å². The highest BCUT2D eigenvalue weighted by atomic mass is 16.5. The number of nitrogens with zero attached hydrogens (tertiary/aromatic N) is 7. The molecule has 0 unspecified atom stereocenters. The Kier molecular flexibility index (Phi) is 5.01. The van der Waals surface area contributed by atoms with Gasteiger partial charge in [0.05, 0.1) is 30.4 Å². The summed E-state index contributed by atoms with van der Waals surface area (Å²) >= 11 is 0. The Labute approximate surface area is 164 Å². The molecule has 0 N–H and O–H groups in total. The van der Waals surface area contributed by atoms with Gasteiger partial charge in [-0.25, -0.2) is 9.97 Å². The van der Waals surface area contributed by atoms with Crippen molar-refractivity contribution < 1.29 is 4.74 Å². The lowest BCUT2D eigenvalue weighted by Gasteiger charge is -2.35. The Hall–Kier alpha value is -3.29. The quantitative estimate of drug-likeness (QED) is 0.685. The van der Waals surface area contributed by atoms with Crippen LogP contribution in [0.4, 0.5) is 11.8 Å². The van der Waals surface area contributed by atoms with Gasteiger partial charge in [0.25, 0.3) is 0 Å². The molecule has 1 fully saturated rings. The number of benzene rings is 1. The molecular weight excluding hydrogens is 354 g/mol. The lowest BCUT2D eigenvalue weighted by atomic mass is 10.1. The first-order valence-corrected chi connectivity index (χ1v) is 9.28. The normalized spacial score (nSPS) is 14.2. The SMILES string of the molecule is COc1ccc(-c2cnnc(N3CCN(c4nc(C)cnc4C)CC3)n2)cc1. The molecule has 0 radical (unpaired) electrons. The van der Waals surface area contributed by atoms with Gasteiger partial charge in [-0.05, 0) is 38.1 Å². The molecule has 1 aliphatic rings. The maximum Gasteiger partial charge on any atom is 0.246 e. The summed E-state index contributed by atoms with van der Waals surface area (Å²) < 4.78 is 5.22. The number of anilines is 2. The summed E-state index contributed by atoms with van der Waals surface area (Å²) in [5, 5.41) is 8.41. The number of ether oxygens (including phenoxy) is 1. The van der Waals surface area contributed by atoms with E-state index in [9.17, 15) is 0 Å². The Morgan fingerprint density at radius 2 is 1.61 bits per heavy atom. The summed E-state index contributed by atoms with van der Waals surface area (Å²) in [4.78, 5) is 18.2. The zero-order chi connectivity index (χ0) is 19.5. The Morgan fingerprint density at radius 3 is 2.32 bits per heavy atom. The number of hydrogen-bond acceptors (Lipinski definition) is 8. The van der Waals surface area contributed by atoms with Gasteiger partial charge in [-0.1, -0.05) is 0 Å². The van der Waals surface area contributed by atoms with Crippen LogP contribution in [0, 0.1) is 13.8 Å². The minimum Gasteiger partial charge on any atom is -0.497 e. The van der Waals surface area contributed by atoms with E-state index in [4.69, 9.17) is 9.72 Å². The molecule has 28 heavy (non-hydrogen) atoms. The van der Waals surface area contributed by atoms with Crippen molar-refractivity contribution in [1.29, 1.82) is 0 Å². The highest BCUT2D eigenvalue weighted by molar-refractivity contribution is 5.60. The highest BCUT2D eigenvalue weighted by Crippen LogP contribution is 2.23. The molecule has 3 heterocycles. The molecule has 4 rings (SSSR count). The van der Waals surface area contributed by atoms with E-state index in [1.54, 1.807) is 19.5 Å². The van der Waals surface area contributed by atoms with E-state index in [1.165, 1.54) is 0 Å². The average Bonchev–Trinajstić information content (AvgIpc) is 2.76. The fourth-order valence-corrected chi connectivity index (χ4v) is 3.27. The molecule has 0 bridgehead atoms. The lowest BCUT2D eigenvalue weighted by Crippen LogP contribution is -2.47. The number of methoxy groups -OCH3 is 1. The van der Waals surface area contributed by atoms with Crippen molar-refractivity contribution in [3.63, 3.8) is 0 Å². The molecule has 1 saturated heterocycles. The van der Waals surface area contributed by atoms with E-state index in [0.717, 1.165) is 60.4 Å². The maximum atomic E-state index is 5.22. The van der Waals surface area contributed by atoms with Crippen LogP contribution in [-0.4, -0.2) is 58.4 Å². The summed E-state index contributed by atoms with van der Waals surface area (Å²) in [5.74, 6) is 2.43. The Morgan fingerprint density at radius 1 is 0.893 bits per heavy atom. The minimum absolute atomic E-state index is 0.653. The molecule has 2 aromatic heterocycles. The van der Waals surface area contributed by atoms with Crippen LogP contribution in [0.15, 0.2) is 36.7 Å². The number of hydrogen-bond donors (Lipinski definition) is 0. The third-order valence-electron chi connectivity index (χ3n) is 4.85. The average molecular weight is 377 g/mol. The predicted octanol–water partition coefficient (Wildman–Crippen LogP) is 2.28. The van der Waals surface area contributed by atoms with Crippen molar-refractivity contribution in [1.82, 2.24) is 25.1 Å². The van der Waals surface area contributed by atoms with Crippen molar-refractivity contribution >= 4 is 11.8 Å². The van der Waals surface area contributed by atoms with Crippen molar-refractivity contribution in [2.45, 2.75) is 13.8 Å². The van der Waals surface area contributed by atoms with Gasteiger partial charge in [0.15, 0.2) is 0 Å². The van der Waals surface area contributed by atoms with Gasteiger partial charge in [0, 0.05) is 37.9 Å². The molecular formula is C20H23N7O. The Bertz CT molecular complexity index is 953. The summed E-state index contributed by atoms with van der Waals surface area (Å²) in [5.41, 5.74) is 3.68. The van der Waals surface area contributed by atoms with Crippen molar-refractivity contribution in [2.24, 2.45) is 0 Å². The fourth-order valence-electron chi connectivity index (χ4n) is 3.27. The number of aromatic nitrogens is 5. The largest absolute Gasteiger partial charge is 0.497 e. The van der Waals surface area contributed by atoms with Gasteiger partial charge in [0.1, 0.15) is 11.6 Å². The second-order valence-corrected chi connectivity index (χ2v) is 6.76. The van der Waals surface area contributed by atoms with Gasteiger partial charge in [-0.2, -0.15) is 5.10 Å². The van der Waals surface area contributed by atoms with Crippen molar-refractivity contribution in [3.05, 3.63) is 48.0 Å². The Balaban J connectivity index is 1.48. The first-order valence-electron chi connectivity index (χ1n) is 9.28. The number of rotatable bonds is 4.